The lowest BCUT2D eigenvalue weighted by atomic mass is 9.78. The molecular formula is C12H16ClNO2S. The predicted octanol–water partition coefficient (Wildman–Crippen LogP) is 2.66. The number of hydrogen-bond acceptors (Lipinski definition) is 3. The van der Waals surface area contributed by atoms with E-state index >= 15 is 0 Å². The Bertz CT molecular complexity index is 503. The van der Waals surface area contributed by atoms with E-state index in [1.54, 1.807) is 18.2 Å². The van der Waals surface area contributed by atoms with Crippen LogP contribution in [0.5, 0.6) is 0 Å². The van der Waals surface area contributed by atoms with Gasteiger partial charge in [-0.2, -0.15) is 0 Å². The third-order valence-corrected chi connectivity index (χ3v) is 4.92. The van der Waals surface area contributed by atoms with Gasteiger partial charge in [0.05, 0.1) is 16.1 Å². The maximum atomic E-state index is 11.7. The molecule has 0 saturated heterocycles. The summed E-state index contributed by atoms with van der Waals surface area (Å²) < 4.78 is 23.3. The van der Waals surface area contributed by atoms with Crippen LogP contribution in [0.3, 0.4) is 0 Å². The highest BCUT2D eigenvalue weighted by atomic mass is 35.5. The molecule has 2 rings (SSSR count). The molecule has 17 heavy (non-hydrogen) atoms. The average Bonchev–Trinajstić information content (AvgIpc) is 2.23. The summed E-state index contributed by atoms with van der Waals surface area (Å²) in [4.78, 5) is 0.344. The Morgan fingerprint density at radius 1 is 1.35 bits per heavy atom. The van der Waals surface area contributed by atoms with Gasteiger partial charge in [-0.15, -0.1) is 11.6 Å². The molecule has 1 N–H and O–H groups in total. The van der Waals surface area contributed by atoms with Crippen LogP contribution in [0.25, 0.3) is 0 Å². The zero-order valence-electron chi connectivity index (χ0n) is 9.74. The highest BCUT2D eigenvalue weighted by molar-refractivity contribution is 7.90. The minimum Gasteiger partial charge on any atom is -0.377 e. The monoisotopic (exact) mass is 273 g/mol. The summed E-state index contributed by atoms with van der Waals surface area (Å²) in [5.74, 6) is 0.505. The molecule has 0 aromatic heterocycles. The smallest absolute Gasteiger partial charge is 0.177 e. The minimum atomic E-state index is -3.20. The third-order valence-electron chi connectivity index (χ3n) is 3.25. The van der Waals surface area contributed by atoms with E-state index in [2.05, 4.69) is 5.32 Å². The first-order valence-corrected chi connectivity index (χ1v) is 8.03. The van der Waals surface area contributed by atoms with Crippen LogP contribution in [0.15, 0.2) is 29.2 Å². The summed E-state index contributed by atoms with van der Waals surface area (Å²) in [6.45, 7) is 0. The zero-order chi connectivity index (χ0) is 12.5. The van der Waals surface area contributed by atoms with Crippen LogP contribution in [0.1, 0.15) is 19.3 Å². The zero-order valence-corrected chi connectivity index (χ0v) is 11.3. The van der Waals surface area contributed by atoms with Crippen molar-refractivity contribution in [2.24, 2.45) is 0 Å². The number of nitrogens with one attached hydrogen (secondary N) is 1. The Kier molecular flexibility index (Phi) is 3.36. The summed E-state index contributed by atoms with van der Waals surface area (Å²) in [6.07, 6.45) is 4.35. The van der Waals surface area contributed by atoms with Gasteiger partial charge in [-0.1, -0.05) is 12.1 Å². The van der Waals surface area contributed by atoms with Crippen LogP contribution in [-0.4, -0.2) is 26.1 Å². The van der Waals surface area contributed by atoms with Gasteiger partial charge in [0.1, 0.15) is 0 Å². The van der Waals surface area contributed by atoms with Gasteiger partial charge in [-0.3, -0.25) is 0 Å². The molecule has 1 fully saturated rings. The van der Waals surface area contributed by atoms with E-state index in [-0.39, 0.29) is 5.54 Å². The van der Waals surface area contributed by atoms with E-state index in [0.717, 1.165) is 19.3 Å². The predicted molar refractivity (Wildman–Crippen MR) is 70.5 cm³/mol. The lowest BCUT2D eigenvalue weighted by molar-refractivity contribution is 0.310. The lowest BCUT2D eigenvalue weighted by Gasteiger charge is -2.42. The van der Waals surface area contributed by atoms with Gasteiger partial charge < -0.3 is 5.32 Å². The lowest BCUT2D eigenvalue weighted by Crippen LogP contribution is -2.47. The SMILES string of the molecule is CS(=O)(=O)c1ccccc1NC1(CCl)CCC1. The average molecular weight is 274 g/mol. The van der Waals surface area contributed by atoms with Crippen molar-refractivity contribution in [1.29, 1.82) is 0 Å². The molecule has 1 aromatic rings. The quantitative estimate of drug-likeness (QED) is 0.858. The van der Waals surface area contributed by atoms with Crippen LogP contribution >= 0.6 is 11.6 Å². The van der Waals surface area contributed by atoms with E-state index in [1.165, 1.54) is 6.26 Å². The number of halogens is 1. The third kappa shape index (κ3) is 2.58. The molecule has 5 heteroatoms. The van der Waals surface area contributed by atoms with Crippen molar-refractivity contribution < 1.29 is 8.42 Å². The number of sulfone groups is 1. The molecule has 0 atom stereocenters. The number of hydrogen-bond donors (Lipinski definition) is 1. The fraction of sp³-hybridized carbons (Fsp3) is 0.500. The maximum Gasteiger partial charge on any atom is 0.177 e. The fourth-order valence-electron chi connectivity index (χ4n) is 2.07. The summed E-state index contributed by atoms with van der Waals surface area (Å²) in [5.41, 5.74) is 0.540. The molecule has 94 valence electrons. The van der Waals surface area contributed by atoms with Crippen molar-refractivity contribution in [1.82, 2.24) is 0 Å². The highest BCUT2D eigenvalue weighted by Crippen LogP contribution is 2.37. The Labute approximate surface area is 107 Å². The second-order valence-electron chi connectivity index (χ2n) is 4.66. The Hall–Kier alpha value is -0.740. The molecule has 0 unspecified atom stereocenters. The van der Waals surface area contributed by atoms with Gasteiger partial charge >= 0.3 is 0 Å². The molecule has 1 saturated carbocycles. The Morgan fingerprint density at radius 2 is 2.00 bits per heavy atom. The van der Waals surface area contributed by atoms with Crippen LogP contribution in [0.4, 0.5) is 5.69 Å². The number of anilines is 1. The van der Waals surface area contributed by atoms with Crippen LogP contribution < -0.4 is 5.32 Å². The van der Waals surface area contributed by atoms with Crippen molar-refractivity contribution in [3.8, 4) is 0 Å². The summed E-state index contributed by atoms with van der Waals surface area (Å²) in [6, 6.07) is 6.98. The Balaban J connectivity index is 2.33. The Morgan fingerprint density at radius 3 is 2.47 bits per heavy atom. The maximum absolute atomic E-state index is 11.7. The topological polar surface area (TPSA) is 46.2 Å². The molecule has 0 aliphatic heterocycles. The van der Waals surface area contributed by atoms with Gasteiger partial charge in [-0.25, -0.2) is 8.42 Å². The molecule has 0 heterocycles. The van der Waals surface area contributed by atoms with E-state index in [1.807, 2.05) is 6.07 Å². The number of rotatable bonds is 4. The van der Waals surface area contributed by atoms with Crippen molar-refractivity contribution in [3.05, 3.63) is 24.3 Å². The molecular weight excluding hydrogens is 258 g/mol. The van der Waals surface area contributed by atoms with Crippen molar-refractivity contribution >= 4 is 27.1 Å². The van der Waals surface area contributed by atoms with Gasteiger partial charge in [0.15, 0.2) is 9.84 Å². The molecule has 1 aliphatic rings. The van der Waals surface area contributed by atoms with Crippen molar-refractivity contribution in [2.75, 3.05) is 17.5 Å². The molecule has 0 spiro atoms. The van der Waals surface area contributed by atoms with Gasteiger partial charge in [0, 0.05) is 12.1 Å². The van der Waals surface area contributed by atoms with Gasteiger partial charge in [0.25, 0.3) is 0 Å². The molecule has 1 aliphatic carbocycles. The van der Waals surface area contributed by atoms with Crippen molar-refractivity contribution in [3.63, 3.8) is 0 Å². The van der Waals surface area contributed by atoms with Crippen LogP contribution in [-0.2, 0) is 9.84 Å². The molecule has 0 amide bonds. The summed E-state index contributed by atoms with van der Waals surface area (Å²) in [5, 5.41) is 3.31. The van der Waals surface area contributed by atoms with E-state index in [9.17, 15) is 8.42 Å². The number of benzene rings is 1. The highest BCUT2D eigenvalue weighted by Gasteiger charge is 2.36. The van der Waals surface area contributed by atoms with Gasteiger partial charge in [0.2, 0.25) is 0 Å². The first kappa shape index (κ1) is 12.7. The summed E-state index contributed by atoms with van der Waals surface area (Å²) >= 11 is 5.96. The minimum absolute atomic E-state index is 0.123. The second kappa shape index (κ2) is 4.50. The van der Waals surface area contributed by atoms with E-state index < -0.39 is 9.84 Å². The normalized spacial score (nSPS) is 18.5. The summed E-state index contributed by atoms with van der Waals surface area (Å²) in [7, 11) is -3.20. The fourth-order valence-corrected chi connectivity index (χ4v) is 3.25. The first-order valence-electron chi connectivity index (χ1n) is 5.60. The van der Waals surface area contributed by atoms with Crippen molar-refractivity contribution in [2.45, 2.75) is 29.7 Å². The van der Waals surface area contributed by atoms with E-state index in [0.29, 0.717) is 16.5 Å². The number of alkyl halides is 1. The molecule has 0 radical (unpaired) electrons. The van der Waals surface area contributed by atoms with Crippen LogP contribution in [0.2, 0.25) is 0 Å². The van der Waals surface area contributed by atoms with Crippen LogP contribution in [0, 0.1) is 0 Å². The largest absolute Gasteiger partial charge is 0.377 e. The second-order valence-corrected chi connectivity index (χ2v) is 6.91. The molecule has 0 bridgehead atoms. The van der Waals surface area contributed by atoms with E-state index in [4.69, 9.17) is 11.6 Å². The standard InChI is InChI=1S/C12H16ClNO2S/c1-17(15,16)11-6-3-2-5-10(11)14-12(9-13)7-4-8-12/h2-3,5-6,14H,4,7-9H2,1H3. The molecule has 3 nitrogen and oxygen atoms in total. The first-order chi connectivity index (χ1) is 7.97. The number of para-hydroxylation sites is 1. The van der Waals surface area contributed by atoms with Gasteiger partial charge in [-0.05, 0) is 31.4 Å². The molecule has 1 aromatic carbocycles.